The lowest BCUT2D eigenvalue weighted by Crippen LogP contribution is -2.32. The first-order chi connectivity index (χ1) is 9.65. The van der Waals surface area contributed by atoms with Crippen molar-refractivity contribution in [3.8, 4) is 0 Å². The predicted octanol–water partition coefficient (Wildman–Crippen LogP) is 3.74. The normalized spacial score (nSPS) is 14.3. The molecule has 0 N–H and O–H groups in total. The van der Waals surface area contributed by atoms with Gasteiger partial charge in [-0.25, -0.2) is 9.37 Å². The van der Waals surface area contributed by atoms with E-state index in [1.807, 2.05) is 16.8 Å². The molecule has 104 valence electrons. The van der Waals surface area contributed by atoms with Crippen molar-refractivity contribution >= 4 is 28.8 Å². The second-order valence-corrected chi connectivity index (χ2v) is 5.93. The Kier molecular flexibility index (Phi) is 3.72. The van der Waals surface area contributed by atoms with Crippen LogP contribution < -0.4 is 0 Å². The first kappa shape index (κ1) is 13.5. The van der Waals surface area contributed by atoms with Crippen LogP contribution in [0, 0.1) is 5.82 Å². The molecule has 0 atom stereocenters. The van der Waals surface area contributed by atoms with E-state index in [4.69, 9.17) is 11.6 Å². The zero-order valence-corrected chi connectivity index (χ0v) is 12.1. The monoisotopic (exact) mass is 310 g/mol. The summed E-state index contributed by atoms with van der Waals surface area (Å²) in [5, 5.41) is 4.03. The number of aromatic nitrogens is 1. The van der Waals surface area contributed by atoms with E-state index in [0.29, 0.717) is 6.54 Å². The maximum absolute atomic E-state index is 13.3. The molecule has 20 heavy (non-hydrogen) atoms. The van der Waals surface area contributed by atoms with E-state index in [9.17, 15) is 9.18 Å². The molecule has 0 saturated heterocycles. The molecule has 1 fully saturated rings. The smallest absolute Gasteiger partial charge is 0.257 e. The summed E-state index contributed by atoms with van der Waals surface area (Å²) in [6.45, 7) is 0.528. The molecular weight excluding hydrogens is 299 g/mol. The molecule has 0 unspecified atom stereocenters. The zero-order valence-electron chi connectivity index (χ0n) is 10.6. The van der Waals surface area contributed by atoms with Crippen molar-refractivity contribution in [1.82, 2.24) is 9.88 Å². The molecule has 0 spiro atoms. The molecule has 3 nitrogen and oxygen atoms in total. The molecule has 0 radical (unpaired) electrons. The highest BCUT2D eigenvalue weighted by atomic mass is 35.5. The van der Waals surface area contributed by atoms with Gasteiger partial charge in [-0.3, -0.25) is 4.79 Å². The Labute approximate surface area is 125 Å². The topological polar surface area (TPSA) is 33.2 Å². The number of rotatable bonds is 4. The highest BCUT2D eigenvalue weighted by Crippen LogP contribution is 2.31. The lowest BCUT2D eigenvalue weighted by Gasteiger charge is -2.22. The fourth-order valence-electron chi connectivity index (χ4n) is 2.06. The van der Waals surface area contributed by atoms with Gasteiger partial charge in [0.25, 0.3) is 5.91 Å². The summed E-state index contributed by atoms with van der Waals surface area (Å²) in [5.41, 5.74) is 1.21. The molecule has 3 rings (SSSR count). The highest BCUT2D eigenvalue weighted by Gasteiger charge is 2.34. The molecule has 6 heteroatoms. The lowest BCUT2D eigenvalue weighted by molar-refractivity contribution is 0.0729. The minimum absolute atomic E-state index is 0.0485. The first-order valence-corrected chi connectivity index (χ1v) is 7.60. The van der Waals surface area contributed by atoms with Gasteiger partial charge in [0.05, 0.1) is 11.8 Å². The largest absolute Gasteiger partial charge is 0.331 e. The van der Waals surface area contributed by atoms with Gasteiger partial charge in [0, 0.05) is 12.6 Å². The third-order valence-corrected chi connectivity index (χ3v) is 4.25. The van der Waals surface area contributed by atoms with E-state index in [1.54, 1.807) is 16.2 Å². The average molecular weight is 311 g/mol. The Hall–Kier alpha value is -1.46. The lowest BCUT2D eigenvalue weighted by atomic mass is 10.2. The number of thiophene rings is 1. The van der Waals surface area contributed by atoms with Crippen LogP contribution in [-0.4, -0.2) is 21.8 Å². The molecule has 1 aliphatic rings. The van der Waals surface area contributed by atoms with Gasteiger partial charge >= 0.3 is 0 Å². The molecule has 0 bridgehead atoms. The van der Waals surface area contributed by atoms with Crippen molar-refractivity contribution < 1.29 is 9.18 Å². The SMILES string of the molecule is O=C(c1cc(F)cnc1Cl)N(Cc1ccsc1)C1CC1. The Morgan fingerprint density at radius 2 is 2.35 bits per heavy atom. The fraction of sp³-hybridized carbons (Fsp3) is 0.286. The summed E-state index contributed by atoms with van der Waals surface area (Å²) in [4.78, 5) is 18.0. The van der Waals surface area contributed by atoms with Crippen LogP contribution in [0.5, 0.6) is 0 Å². The van der Waals surface area contributed by atoms with Crippen molar-refractivity contribution in [3.63, 3.8) is 0 Å². The molecule has 1 amide bonds. The number of carbonyl (C=O) groups is 1. The van der Waals surface area contributed by atoms with E-state index in [2.05, 4.69) is 4.98 Å². The van der Waals surface area contributed by atoms with E-state index in [1.165, 1.54) is 0 Å². The zero-order chi connectivity index (χ0) is 14.1. The van der Waals surface area contributed by atoms with Crippen molar-refractivity contribution in [1.29, 1.82) is 0 Å². The number of pyridine rings is 1. The van der Waals surface area contributed by atoms with E-state index in [-0.39, 0.29) is 22.7 Å². The Balaban J connectivity index is 1.87. The van der Waals surface area contributed by atoms with Gasteiger partial charge in [-0.1, -0.05) is 11.6 Å². The molecule has 2 heterocycles. The van der Waals surface area contributed by atoms with Gasteiger partial charge in [0.2, 0.25) is 0 Å². The van der Waals surface area contributed by atoms with Crippen LogP contribution in [-0.2, 0) is 6.54 Å². The minimum Gasteiger partial charge on any atom is -0.331 e. The fourth-order valence-corrected chi connectivity index (χ4v) is 2.90. The molecule has 1 saturated carbocycles. The van der Waals surface area contributed by atoms with Crippen LogP contribution in [0.2, 0.25) is 5.15 Å². The summed E-state index contributed by atoms with van der Waals surface area (Å²) in [6.07, 6.45) is 2.98. The number of nitrogens with zero attached hydrogens (tertiary/aromatic N) is 2. The molecule has 0 aliphatic heterocycles. The van der Waals surface area contributed by atoms with Crippen LogP contribution in [0.25, 0.3) is 0 Å². The third-order valence-electron chi connectivity index (χ3n) is 3.22. The van der Waals surface area contributed by atoms with Crippen molar-refractivity contribution in [3.05, 3.63) is 51.2 Å². The van der Waals surface area contributed by atoms with E-state index >= 15 is 0 Å². The number of halogens is 2. The van der Waals surface area contributed by atoms with Gasteiger partial charge in [-0.05, 0) is 41.3 Å². The van der Waals surface area contributed by atoms with Crippen molar-refractivity contribution in [2.24, 2.45) is 0 Å². The predicted molar refractivity (Wildman–Crippen MR) is 76.4 cm³/mol. The van der Waals surface area contributed by atoms with Crippen LogP contribution in [0.1, 0.15) is 28.8 Å². The number of amides is 1. The summed E-state index contributed by atoms with van der Waals surface area (Å²) >= 11 is 7.51. The molecule has 1 aliphatic carbocycles. The summed E-state index contributed by atoms with van der Waals surface area (Å²) in [5.74, 6) is -0.806. The summed E-state index contributed by atoms with van der Waals surface area (Å²) < 4.78 is 13.3. The Morgan fingerprint density at radius 3 is 3.00 bits per heavy atom. The van der Waals surface area contributed by atoms with Crippen LogP contribution >= 0.6 is 22.9 Å². The standard InChI is InChI=1S/C14H12ClFN2OS/c15-13-12(5-10(16)6-17-13)14(19)18(11-1-2-11)7-9-3-4-20-8-9/h3-6,8,11H,1-2,7H2. The van der Waals surface area contributed by atoms with Crippen LogP contribution in [0.15, 0.2) is 29.1 Å². The molecule has 2 aromatic heterocycles. The van der Waals surface area contributed by atoms with Gasteiger partial charge in [0.15, 0.2) is 0 Å². The van der Waals surface area contributed by atoms with Crippen molar-refractivity contribution in [2.45, 2.75) is 25.4 Å². The molecular formula is C14H12ClFN2OS. The van der Waals surface area contributed by atoms with Gasteiger partial charge in [0.1, 0.15) is 11.0 Å². The van der Waals surface area contributed by atoms with Crippen LogP contribution in [0.3, 0.4) is 0 Å². The summed E-state index contributed by atoms with van der Waals surface area (Å²) in [6, 6.07) is 3.36. The quantitative estimate of drug-likeness (QED) is 0.806. The van der Waals surface area contributed by atoms with E-state index in [0.717, 1.165) is 30.7 Å². The number of hydrogen-bond acceptors (Lipinski definition) is 3. The first-order valence-electron chi connectivity index (χ1n) is 6.28. The maximum atomic E-state index is 13.3. The number of carbonyl (C=O) groups excluding carboxylic acids is 1. The van der Waals surface area contributed by atoms with Crippen LogP contribution in [0.4, 0.5) is 4.39 Å². The van der Waals surface area contributed by atoms with Crippen molar-refractivity contribution in [2.75, 3.05) is 0 Å². The van der Waals surface area contributed by atoms with Gasteiger partial charge < -0.3 is 4.90 Å². The molecule has 2 aromatic rings. The Bertz CT molecular complexity index is 628. The minimum atomic E-state index is -0.552. The number of hydrogen-bond donors (Lipinski definition) is 0. The average Bonchev–Trinajstić information content (AvgIpc) is 3.15. The highest BCUT2D eigenvalue weighted by molar-refractivity contribution is 7.07. The van der Waals surface area contributed by atoms with Gasteiger partial charge in [-0.15, -0.1) is 0 Å². The second-order valence-electron chi connectivity index (χ2n) is 4.79. The summed E-state index contributed by atoms with van der Waals surface area (Å²) in [7, 11) is 0. The van der Waals surface area contributed by atoms with E-state index < -0.39 is 5.82 Å². The van der Waals surface area contributed by atoms with Gasteiger partial charge in [-0.2, -0.15) is 11.3 Å². The maximum Gasteiger partial charge on any atom is 0.257 e. The second kappa shape index (κ2) is 5.50. The molecule has 0 aromatic carbocycles. The third kappa shape index (κ3) is 2.83. The Morgan fingerprint density at radius 1 is 1.55 bits per heavy atom.